The minimum atomic E-state index is -3.96. The van der Waals surface area contributed by atoms with E-state index in [1.807, 2.05) is 26.0 Å². The molecular weight excluding hydrogens is 478 g/mol. The number of halogens is 1. The Morgan fingerprint density at radius 3 is 2.29 bits per heavy atom. The summed E-state index contributed by atoms with van der Waals surface area (Å²) in [5.74, 6) is -0.101. The van der Waals surface area contributed by atoms with Gasteiger partial charge in [0.2, 0.25) is 9.84 Å². The molecular formula is C25H28ClNO6S. The highest BCUT2D eigenvalue weighted by atomic mass is 35.5. The van der Waals surface area contributed by atoms with Gasteiger partial charge in [-0.25, -0.2) is 13.2 Å². The minimum Gasteiger partial charge on any atom is -0.497 e. The summed E-state index contributed by atoms with van der Waals surface area (Å²) < 4.78 is 39.4. The molecule has 0 aliphatic carbocycles. The van der Waals surface area contributed by atoms with Gasteiger partial charge in [0.25, 0.3) is 0 Å². The van der Waals surface area contributed by atoms with Gasteiger partial charge in [0.15, 0.2) is 0 Å². The Hall–Kier alpha value is -2.97. The van der Waals surface area contributed by atoms with Crippen molar-refractivity contribution < 1.29 is 27.8 Å². The number of hydrogen-bond acceptors (Lipinski definition) is 5. The number of carboxylic acid groups (broad SMARTS) is 1. The minimum absolute atomic E-state index is 0.00280. The quantitative estimate of drug-likeness (QED) is 0.392. The number of rotatable bonds is 9. The van der Waals surface area contributed by atoms with Crippen LogP contribution in [0.2, 0.25) is 5.02 Å². The fourth-order valence-electron chi connectivity index (χ4n) is 4.11. The lowest BCUT2D eigenvalue weighted by molar-refractivity contribution is 0.0683. The maximum absolute atomic E-state index is 13.4. The molecule has 3 aromatic rings. The molecule has 0 atom stereocenters. The Morgan fingerprint density at radius 1 is 1.06 bits per heavy atom. The number of aromatic nitrogens is 1. The number of nitrogens with zero attached hydrogens (tertiary/aromatic N) is 1. The molecule has 0 radical (unpaired) electrons. The van der Waals surface area contributed by atoms with Gasteiger partial charge >= 0.3 is 5.97 Å². The van der Waals surface area contributed by atoms with Crippen molar-refractivity contribution in [1.29, 1.82) is 0 Å². The number of aromatic carboxylic acids is 1. The third-order valence-corrected chi connectivity index (χ3v) is 8.34. The summed E-state index contributed by atoms with van der Waals surface area (Å²) in [4.78, 5) is 12.1. The van der Waals surface area contributed by atoms with E-state index in [4.69, 9.17) is 21.1 Å². The van der Waals surface area contributed by atoms with Crippen LogP contribution in [0.5, 0.6) is 11.5 Å². The number of carbonyl (C=O) groups is 1. The van der Waals surface area contributed by atoms with Crippen molar-refractivity contribution >= 4 is 27.4 Å². The fraction of sp³-hybridized carbons (Fsp3) is 0.320. The summed E-state index contributed by atoms with van der Waals surface area (Å²) in [6, 6.07) is 9.83. The molecule has 34 heavy (non-hydrogen) atoms. The molecule has 0 fully saturated rings. The lowest BCUT2D eigenvalue weighted by atomic mass is 10.1. The van der Waals surface area contributed by atoms with E-state index in [1.165, 1.54) is 30.7 Å². The maximum Gasteiger partial charge on any atom is 0.352 e. The second-order valence-electron chi connectivity index (χ2n) is 8.10. The van der Waals surface area contributed by atoms with Crippen LogP contribution in [0.4, 0.5) is 0 Å². The topological polar surface area (TPSA) is 94.8 Å². The Morgan fingerprint density at radius 2 is 1.71 bits per heavy atom. The zero-order valence-electron chi connectivity index (χ0n) is 19.8. The van der Waals surface area contributed by atoms with Crippen LogP contribution in [-0.2, 0) is 16.4 Å². The van der Waals surface area contributed by atoms with Crippen LogP contribution >= 0.6 is 11.6 Å². The fourth-order valence-corrected chi connectivity index (χ4v) is 5.98. The monoisotopic (exact) mass is 505 g/mol. The molecule has 0 unspecified atom stereocenters. The molecule has 7 nitrogen and oxygen atoms in total. The lowest BCUT2D eigenvalue weighted by Gasteiger charge is -2.12. The van der Waals surface area contributed by atoms with E-state index in [9.17, 15) is 18.3 Å². The first kappa shape index (κ1) is 25.6. The smallest absolute Gasteiger partial charge is 0.352 e. The van der Waals surface area contributed by atoms with Crippen molar-refractivity contribution in [3.8, 4) is 11.5 Å². The largest absolute Gasteiger partial charge is 0.497 e. The SMILES string of the molecule is COc1cccc(S(=O)(=O)c2c(C)c(C(=O)O)n(CCCOc3cc(C)c(Cl)c(C)c3)c2C)c1. The summed E-state index contributed by atoms with van der Waals surface area (Å²) in [6.45, 7) is 7.56. The first-order chi connectivity index (χ1) is 16.0. The molecule has 0 saturated heterocycles. The molecule has 0 spiro atoms. The molecule has 0 bridgehead atoms. The van der Waals surface area contributed by atoms with E-state index in [-0.39, 0.29) is 27.6 Å². The zero-order valence-corrected chi connectivity index (χ0v) is 21.4. The molecule has 3 rings (SSSR count). The highest BCUT2D eigenvalue weighted by Crippen LogP contribution is 2.33. The number of ether oxygens (including phenoxy) is 2. The number of methoxy groups -OCH3 is 1. The van der Waals surface area contributed by atoms with Crippen molar-refractivity contribution in [3.05, 3.63) is 69.5 Å². The maximum atomic E-state index is 13.4. The molecule has 0 amide bonds. The molecule has 0 saturated carbocycles. The molecule has 9 heteroatoms. The molecule has 1 N–H and O–H groups in total. The first-order valence-electron chi connectivity index (χ1n) is 10.7. The Kier molecular flexibility index (Phi) is 7.63. The Balaban J connectivity index is 1.89. The lowest BCUT2D eigenvalue weighted by Crippen LogP contribution is -2.13. The molecule has 1 aromatic heterocycles. The number of sulfone groups is 1. The van der Waals surface area contributed by atoms with Crippen molar-refractivity contribution in [1.82, 2.24) is 4.57 Å². The number of carboxylic acids is 1. The van der Waals surface area contributed by atoms with Crippen LogP contribution in [0.25, 0.3) is 0 Å². The highest BCUT2D eigenvalue weighted by Gasteiger charge is 2.31. The van der Waals surface area contributed by atoms with Crippen LogP contribution in [0.1, 0.15) is 39.3 Å². The van der Waals surface area contributed by atoms with Gasteiger partial charge in [-0.1, -0.05) is 17.7 Å². The Bertz CT molecular complexity index is 1320. The zero-order chi connectivity index (χ0) is 25.2. The summed E-state index contributed by atoms with van der Waals surface area (Å²) in [5, 5.41) is 10.5. The molecule has 0 aliphatic heterocycles. The predicted molar refractivity (Wildman–Crippen MR) is 130 cm³/mol. The number of aryl methyl sites for hydroxylation is 2. The van der Waals surface area contributed by atoms with E-state index in [0.29, 0.717) is 35.2 Å². The van der Waals surface area contributed by atoms with Crippen LogP contribution in [-0.4, -0.2) is 37.8 Å². The average Bonchev–Trinajstić information content (AvgIpc) is 3.04. The van der Waals surface area contributed by atoms with Crippen LogP contribution in [0.3, 0.4) is 0 Å². The summed E-state index contributed by atoms with van der Waals surface area (Å²) in [5.41, 5.74) is 2.36. The predicted octanol–water partition coefficient (Wildman–Crippen LogP) is 5.38. The van der Waals surface area contributed by atoms with E-state index in [0.717, 1.165) is 11.1 Å². The van der Waals surface area contributed by atoms with Gasteiger partial charge < -0.3 is 19.1 Å². The van der Waals surface area contributed by atoms with Gasteiger partial charge in [-0.2, -0.15) is 0 Å². The summed E-state index contributed by atoms with van der Waals surface area (Å²) in [7, 11) is -2.51. The summed E-state index contributed by atoms with van der Waals surface area (Å²) >= 11 is 6.20. The molecule has 2 aromatic carbocycles. The van der Waals surface area contributed by atoms with Gasteiger partial charge in [0.1, 0.15) is 17.2 Å². The van der Waals surface area contributed by atoms with Gasteiger partial charge in [-0.15, -0.1) is 0 Å². The van der Waals surface area contributed by atoms with Crippen molar-refractivity contribution in [2.45, 2.75) is 50.5 Å². The van der Waals surface area contributed by atoms with E-state index in [2.05, 4.69) is 0 Å². The number of hydrogen-bond donors (Lipinski definition) is 1. The number of benzene rings is 2. The van der Waals surface area contributed by atoms with Crippen LogP contribution in [0, 0.1) is 27.7 Å². The highest BCUT2D eigenvalue weighted by molar-refractivity contribution is 7.91. The van der Waals surface area contributed by atoms with Gasteiger partial charge in [0.05, 0.1) is 23.5 Å². The van der Waals surface area contributed by atoms with Gasteiger partial charge in [0, 0.05) is 22.8 Å². The third kappa shape index (κ3) is 4.93. The van der Waals surface area contributed by atoms with Crippen molar-refractivity contribution in [3.63, 3.8) is 0 Å². The molecule has 0 aliphatic rings. The summed E-state index contributed by atoms with van der Waals surface area (Å²) in [6.07, 6.45) is 0.481. The van der Waals surface area contributed by atoms with Crippen molar-refractivity contribution in [2.24, 2.45) is 0 Å². The van der Waals surface area contributed by atoms with Gasteiger partial charge in [-0.05, 0) is 75.6 Å². The average molecular weight is 506 g/mol. The van der Waals surface area contributed by atoms with E-state index in [1.54, 1.807) is 19.1 Å². The standard InChI is InChI=1S/C25H28ClNO6S/c1-15-12-20(13-16(2)22(15)26)33-11-7-10-27-18(4)24(17(3)23(27)25(28)29)34(30,31)21-9-6-8-19(14-21)32-5/h6,8-9,12-14H,7,10-11H2,1-5H3,(H,28,29). The third-order valence-electron chi connectivity index (χ3n) is 5.73. The molecule has 182 valence electrons. The Labute approximate surface area is 204 Å². The van der Waals surface area contributed by atoms with Crippen LogP contribution in [0.15, 0.2) is 46.2 Å². The normalized spacial score (nSPS) is 11.5. The van der Waals surface area contributed by atoms with Crippen molar-refractivity contribution in [2.75, 3.05) is 13.7 Å². The van der Waals surface area contributed by atoms with Gasteiger partial charge in [-0.3, -0.25) is 0 Å². The second-order valence-corrected chi connectivity index (χ2v) is 10.4. The second kappa shape index (κ2) is 10.1. The first-order valence-corrected chi connectivity index (χ1v) is 12.6. The van der Waals surface area contributed by atoms with E-state index < -0.39 is 15.8 Å². The molecule has 1 heterocycles. The van der Waals surface area contributed by atoms with E-state index >= 15 is 0 Å². The van der Waals surface area contributed by atoms with Crippen LogP contribution < -0.4 is 9.47 Å².